The summed E-state index contributed by atoms with van der Waals surface area (Å²) in [5.41, 5.74) is 10.7. The zero-order valence-corrected chi connectivity index (χ0v) is 9.80. The topological polar surface area (TPSA) is 42.1 Å². The van der Waals surface area contributed by atoms with Gasteiger partial charge in [-0.15, -0.1) is 0 Å². The van der Waals surface area contributed by atoms with Crippen LogP contribution in [0.3, 0.4) is 0 Å². The monoisotopic (exact) mass is 205 g/mol. The number of nitrogen functional groups attached to an aromatic ring is 1. The third kappa shape index (κ3) is 1.56. The minimum Gasteiger partial charge on any atom is -0.398 e. The minimum atomic E-state index is 0.956. The normalized spacial score (nSPS) is 15.3. The summed E-state index contributed by atoms with van der Waals surface area (Å²) >= 11 is 0. The molecular formula is C12H19N3. The molecule has 0 radical (unpaired) electrons. The van der Waals surface area contributed by atoms with Crippen LogP contribution in [0.4, 0.5) is 11.5 Å². The molecule has 0 spiro atoms. The van der Waals surface area contributed by atoms with Crippen molar-refractivity contribution in [2.75, 3.05) is 24.2 Å². The van der Waals surface area contributed by atoms with Crippen LogP contribution < -0.4 is 10.6 Å². The Morgan fingerprint density at radius 1 is 1.47 bits per heavy atom. The molecule has 15 heavy (non-hydrogen) atoms. The van der Waals surface area contributed by atoms with E-state index in [1.807, 2.05) is 0 Å². The Hall–Kier alpha value is -1.25. The van der Waals surface area contributed by atoms with Gasteiger partial charge in [-0.1, -0.05) is 6.92 Å². The van der Waals surface area contributed by atoms with Gasteiger partial charge in [0.2, 0.25) is 0 Å². The molecule has 0 saturated carbocycles. The molecule has 0 saturated heterocycles. The van der Waals surface area contributed by atoms with Gasteiger partial charge in [-0.2, -0.15) is 0 Å². The number of anilines is 2. The van der Waals surface area contributed by atoms with Crippen LogP contribution in [0.5, 0.6) is 0 Å². The lowest BCUT2D eigenvalue weighted by Crippen LogP contribution is -2.27. The van der Waals surface area contributed by atoms with E-state index in [0.29, 0.717) is 0 Å². The second-order valence-corrected chi connectivity index (χ2v) is 4.28. The van der Waals surface area contributed by atoms with Crippen molar-refractivity contribution in [2.24, 2.45) is 0 Å². The Morgan fingerprint density at radius 3 is 2.87 bits per heavy atom. The second kappa shape index (κ2) is 3.72. The number of aromatic nitrogens is 1. The van der Waals surface area contributed by atoms with Crippen LogP contribution in [0.25, 0.3) is 0 Å². The summed E-state index contributed by atoms with van der Waals surface area (Å²) < 4.78 is 0. The number of hydrogen-bond donors (Lipinski definition) is 1. The van der Waals surface area contributed by atoms with Crippen LogP contribution in [0.1, 0.15) is 30.2 Å². The molecule has 2 heterocycles. The number of pyridine rings is 1. The van der Waals surface area contributed by atoms with Crippen LogP contribution >= 0.6 is 0 Å². The van der Waals surface area contributed by atoms with Crippen molar-refractivity contribution in [2.45, 2.75) is 33.1 Å². The molecule has 3 nitrogen and oxygen atoms in total. The van der Waals surface area contributed by atoms with Crippen molar-refractivity contribution in [3.05, 3.63) is 16.8 Å². The van der Waals surface area contributed by atoms with Crippen molar-refractivity contribution in [3.63, 3.8) is 0 Å². The van der Waals surface area contributed by atoms with Crippen molar-refractivity contribution < 1.29 is 0 Å². The maximum Gasteiger partial charge on any atom is 0.133 e. The Balaban J connectivity index is 2.61. The number of hydrogen-bond acceptors (Lipinski definition) is 3. The largest absolute Gasteiger partial charge is 0.398 e. The molecule has 0 amide bonds. The molecule has 2 N–H and O–H groups in total. The van der Waals surface area contributed by atoms with Crippen molar-refractivity contribution in [1.82, 2.24) is 4.98 Å². The molecule has 0 aliphatic carbocycles. The van der Waals surface area contributed by atoms with E-state index in [9.17, 15) is 0 Å². The van der Waals surface area contributed by atoms with Crippen LogP contribution in [-0.2, 0) is 12.8 Å². The lowest BCUT2D eigenvalue weighted by Gasteiger charge is -2.28. The molecule has 0 fully saturated rings. The van der Waals surface area contributed by atoms with E-state index in [1.54, 1.807) is 0 Å². The fourth-order valence-electron chi connectivity index (χ4n) is 2.29. The minimum absolute atomic E-state index is 0.956. The van der Waals surface area contributed by atoms with Gasteiger partial charge in [0.05, 0.1) is 0 Å². The predicted octanol–water partition coefficient (Wildman–Crippen LogP) is 1.92. The Kier molecular flexibility index (Phi) is 2.55. The predicted molar refractivity (Wildman–Crippen MR) is 64.4 cm³/mol. The Morgan fingerprint density at radius 2 is 2.20 bits per heavy atom. The highest BCUT2D eigenvalue weighted by Gasteiger charge is 2.20. The number of nitrogens with zero attached hydrogens (tertiary/aromatic N) is 2. The average molecular weight is 205 g/mol. The van der Waals surface area contributed by atoms with Gasteiger partial charge in [-0.3, -0.25) is 0 Å². The third-order valence-electron chi connectivity index (χ3n) is 3.29. The van der Waals surface area contributed by atoms with Crippen LogP contribution in [-0.4, -0.2) is 18.6 Å². The van der Waals surface area contributed by atoms with Gasteiger partial charge >= 0.3 is 0 Å². The molecule has 1 aliphatic rings. The molecule has 1 aromatic heterocycles. The van der Waals surface area contributed by atoms with E-state index in [0.717, 1.165) is 36.6 Å². The summed E-state index contributed by atoms with van der Waals surface area (Å²) in [5.74, 6) is 1.10. The van der Waals surface area contributed by atoms with E-state index in [4.69, 9.17) is 10.7 Å². The zero-order chi connectivity index (χ0) is 11.0. The van der Waals surface area contributed by atoms with E-state index >= 15 is 0 Å². The maximum atomic E-state index is 6.18. The Bertz CT molecular complexity index is 385. The number of rotatable bonds is 1. The molecule has 1 aromatic rings. The van der Waals surface area contributed by atoms with E-state index in [-0.39, 0.29) is 0 Å². The summed E-state index contributed by atoms with van der Waals surface area (Å²) in [6.45, 7) is 5.30. The van der Waals surface area contributed by atoms with Gasteiger partial charge in [-0.25, -0.2) is 4.98 Å². The summed E-state index contributed by atoms with van der Waals surface area (Å²) in [4.78, 5) is 6.94. The van der Waals surface area contributed by atoms with E-state index in [1.165, 1.54) is 17.5 Å². The van der Waals surface area contributed by atoms with Gasteiger partial charge < -0.3 is 10.6 Å². The molecule has 2 rings (SSSR count). The molecule has 1 aliphatic heterocycles. The lowest BCUT2D eigenvalue weighted by atomic mass is 9.99. The first kappa shape index (κ1) is 10.3. The van der Waals surface area contributed by atoms with E-state index in [2.05, 4.69) is 25.8 Å². The first-order chi connectivity index (χ1) is 7.15. The van der Waals surface area contributed by atoms with Gasteiger partial charge in [0, 0.05) is 30.5 Å². The SMILES string of the molecule is CCc1nc2c(c(N)c1C)CCCN2C. The van der Waals surface area contributed by atoms with Crippen LogP contribution in [0.2, 0.25) is 0 Å². The van der Waals surface area contributed by atoms with Crippen LogP contribution in [0.15, 0.2) is 0 Å². The molecular weight excluding hydrogens is 186 g/mol. The third-order valence-corrected chi connectivity index (χ3v) is 3.29. The summed E-state index contributed by atoms with van der Waals surface area (Å²) in [6.07, 6.45) is 3.21. The van der Waals surface area contributed by atoms with Crippen molar-refractivity contribution in [1.29, 1.82) is 0 Å². The Labute approximate surface area is 91.3 Å². The smallest absolute Gasteiger partial charge is 0.133 e. The fourth-order valence-corrected chi connectivity index (χ4v) is 2.29. The van der Waals surface area contributed by atoms with Crippen molar-refractivity contribution >= 4 is 11.5 Å². The number of fused-ring (bicyclic) bond motifs is 1. The quantitative estimate of drug-likeness (QED) is 0.761. The fraction of sp³-hybridized carbons (Fsp3) is 0.583. The highest BCUT2D eigenvalue weighted by atomic mass is 15.2. The molecule has 3 heteroatoms. The molecule has 0 unspecified atom stereocenters. The standard InChI is InChI=1S/C12H19N3/c1-4-10-8(2)11(13)9-6-5-7-15(3)12(9)14-10/h4-7H2,1-3H3,(H2,13,14). The van der Waals surface area contributed by atoms with Gasteiger partial charge in [0.25, 0.3) is 0 Å². The molecule has 82 valence electrons. The highest BCUT2D eigenvalue weighted by Crippen LogP contribution is 2.32. The zero-order valence-electron chi connectivity index (χ0n) is 9.80. The number of aryl methyl sites for hydroxylation is 1. The maximum absolute atomic E-state index is 6.18. The van der Waals surface area contributed by atoms with Crippen LogP contribution in [0, 0.1) is 6.92 Å². The first-order valence-electron chi connectivity index (χ1n) is 5.64. The first-order valence-corrected chi connectivity index (χ1v) is 5.64. The molecule has 0 aromatic carbocycles. The van der Waals surface area contributed by atoms with Gasteiger partial charge in [0.15, 0.2) is 0 Å². The van der Waals surface area contributed by atoms with Gasteiger partial charge in [-0.05, 0) is 31.7 Å². The van der Waals surface area contributed by atoms with Crippen molar-refractivity contribution in [3.8, 4) is 0 Å². The summed E-state index contributed by atoms with van der Waals surface area (Å²) in [7, 11) is 2.10. The lowest BCUT2D eigenvalue weighted by molar-refractivity contribution is 0.726. The second-order valence-electron chi connectivity index (χ2n) is 4.28. The number of nitrogens with two attached hydrogens (primary N) is 1. The summed E-state index contributed by atoms with van der Waals surface area (Å²) in [5, 5.41) is 0. The molecule has 0 bridgehead atoms. The molecule has 0 atom stereocenters. The van der Waals surface area contributed by atoms with E-state index < -0.39 is 0 Å². The highest BCUT2D eigenvalue weighted by molar-refractivity contribution is 5.66. The van der Waals surface area contributed by atoms with Gasteiger partial charge in [0.1, 0.15) is 5.82 Å². The summed E-state index contributed by atoms with van der Waals surface area (Å²) in [6, 6.07) is 0. The average Bonchev–Trinajstić information content (AvgIpc) is 2.24.